The van der Waals surface area contributed by atoms with Crippen LogP contribution >= 0.6 is 0 Å². The summed E-state index contributed by atoms with van der Waals surface area (Å²) >= 11 is 0. The molecule has 0 unspecified atom stereocenters. The number of nitrogens with one attached hydrogen (secondary N) is 1. The molecule has 2 aromatic rings. The van der Waals surface area contributed by atoms with Crippen molar-refractivity contribution in [2.75, 3.05) is 6.54 Å². The molecular formula is C25H31NO7. The topological polar surface area (TPSA) is 100 Å². The molecule has 0 spiro atoms. The lowest BCUT2D eigenvalue weighted by molar-refractivity contribution is -0.135. The number of hydrogen-bond donors (Lipinski definition) is 1. The Morgan fingerprint density at radius 2 is 1.76 bits per heavy atom. The highest BCUT2D eigenvalue weighted by Crippen LogP contribution is 2.50. The monoisotopic (exact) mass is 457 g/mol. The highest BCUT2D eigenvalue weighted by molar-refractivity contribution is 6.00. The van der Waals surface area contributed by atoms with Gasteiger partial charge in [0.25, 0.3) is 0 Å². The van der Waals surface area contributed by atoms with Gasteiger partial charge in [-0.05, 0) is 47.0 Å². The molecule has 0 bridgehead atoms. The van der Waals surface area contributed by atoms with Crippen LogP contribution in [0.1, 0.15) is 59.9 Å². The number of fused-ring (bicyclic) bond motifs is 3. The normalized spacial score (nSPS) is 14.6. The van der Waals surface area contributed by atoms with Gasteiger partial charge in [0.1, 0.15) is 23.5 Å². The number of ether oxygens (including phenoxy) is 4. The summed E-state index contributed by atoms with van der Waals surface area (Å²) in [7, 11) is 0. The first kappa shape index (κ1) is 24.4. The molecule has 0 saturated heterocycles. The molecule has 8 nitrogen and oxygen atoms in total. The number of carbonyl (C=O) groups is 3. The summed E-state index contributed by atoms with van der Waals surface area (Å²) in [5.74, 6) is -0.372. The average molecular weight is 458 g/mol. The van der Waals surface area contributed by atoms with E-state index in [1.54, 1.807) is 26.0 Å². The Balaban J connectivity index is 1.94. The lowest BCUT2D eigenvalue weighted by Crippen LogP contribution is -2.37. The maximum atomic E-state index is 12.6. The van der Waals surface area contributed by atoms with Gasteiger partial charge >= 0.3 is 18.0 Å². The summed E-state index contributed by atoms with van der Waals surface area (Å²) in [5.41, 5.74) is -0.375. The first-order chi connectivity index (χ1) is 15.4. The molecule has 1 aliphatic rings. The van der Waals surface area contributed by atoms with Crippen LogP contribution in [-0.4, -0.2) is 35.8 Å². The first-order valence-electron chi connectivity index (χ1n) is 11.0. The van der Waals surface area contributed by atoms with E-state index in [9.17, 15) is 14.4 Å². The van der Waals surface area contributed by atoms with Crippen molar-refractivity contribution < 1.29 is 33.3 Å². The van der Waals surface area contributed by atoms with Gasteiger partial charge in [0.05, 0.1) is 0 Å². The summed E-state index contributed by atoms with van der Waals surface area (Å²) in [6.45, 7) is 10.3. The van der Waals surface area contributed by atoms with Crippen LogP contribution in [0.15, 0.2) is 24.3 Å². The summed E-state index contributed by atoms with van der Waals surface area (Å²) in [4.78, 5) is 36.6. The van der Waals surface area contributed by atoms with Crippen molar-refractivity contribution in [2.45, 2.75) is 72.0 Å². The fourth-order valence-electron chi connectivity index (χ4n) is 3.51. The van der Waals surface area contributed by atoms with Crippen molar-refractivity contribution in [3.8, 4) is 17.2 Å². The van der Waals surface area contributed by atoms with Gasteiger partial charge in [-0.2, -0.15) is 0 Å². The molecule has 0 aromatic heterocycles. The van der Waals surface area contributed by atoms with Crippen molar-refractivity contribution in [1.29, 1.82) is 0 Å². The predicted molar refractivity (Wildman–Crippen MR) is 123 cm³/mol. The molecule has 1 amide bonds. The van der Waals surface area contributed by atoms with Crippen molar-refractivity contribution in [1.82, 2.24) is 5.32 Å². The van der Waals surface area contributed by atoms with Crippen LogP contribution in [0, 0.1) is 0 Å². The largest absolute Gasteiger partial charge is 0.487 e. The second-order valence-electron chi connectivity index (χ2n) is 9.30. The first-order valence-corrected chi connectivity index (χ1v) is 11.0. The summed E-state index contributed by atoms with van der Waals surface area (Å²) < 4.78 is 22.7. The minimum Gasteiger partial charge on any atom is -0.487 e. The molecule has 0 atom stereocenters. The molecule has 178 valence electrons. The molecular weight excluding hydrogens is 426 g/mol. The summed E-state index contributed by atoms with van der Waals surface area (Å²) in [5, 5.41) is 3.72. The number of amides is 1. The van der Waals surface area contributed by atoms with Gasteiger partial charge in [-0.25, -0.2) is 9.59 Å². The van der Waals surface area contributed by atoms with Crippen LogP contribution in [0.5, 0.6) is 17.2 Å². The van der Waals surface area contributed by atoms with E-state index in [2.05, 4.69) is 5.32 Å². The second kappa shape index (κ2) is 9.29. The molecule has 33 heavy (non-hydrogen) atoms. The highest BCUT2D eigenvalue weighted by atomic mass is 16.6. The summed E-state index contributed by atoms with van der Waals surface area (Å²) in [6.07, 6.45) is 1.18. The van der Waals surface area contributed by atoms with E-state index in [1.165, 1.54) is 6.92 Å². The van der Waals surface area contributed by atoms with Crippen LogP contribution in [0.4, 0.5) is 4.79 Å². The molecule has 0 radical (unpaired) electrons. The Labute approximate surface area is 193 Å². The minimum atomic E-state index is -0.725. The zero-order chi connectivity index (χ0) is 24.4. The molecule has 0 fully saturated rings. The van der Waals surface area contributed by atoms with Crippen molar-refractivity contribution in [3.63, 3.8) is 0 Å². The van der Waals surface area contributed by atoms with Crippen LogP contribution in [-0.2, 0) is 20.7 Å². The molecule has 3 rings (SSSR count). The number of hydrogen-bond acceptors (Lipinski definition) is 7. The van der Waals surface area contributed by atoms with E-state index >= 15 is 0 Å². The molecule has 2 aromatic carbocycles. The van der Waals surface area contributed by atoms with Gasteiger partial charge in [-0.15, -0.1) is 0 Å². The van der Waals surface area contributed by atoms with Gasteiger partial charge < -0.3 is 24.3 Å². The SMILES string of the molecule is CCC(C)(C)OC(=O)NCC(=O)Oc1c(OC(C)=O)c2c(c3ccccc13)OC(C)(C)CC2. The van der Waals surface area contributed by atoms with Crippen LogP contribution in [0.25, 0.3) is 10.8 Å². The fourth-order valence-corrected chi connectivity index (χ4v) is 3.51. The van der Waals surface area contributed by atoms with Gasteiger partial charge in [0.2, 0.25) is 0 Å². The Morgan fingerprint density at radius 3 is 2.39 bits per heavy atom. The Morgan fingerprint density at radius 1 is 1.09 bits per heavy atom. The van der Waals surface area contributed by atoms with Gasteiger partial charge in [0, 0.05) is 23.3 Å². The Kier molecular flexibility index (Phi) is 6.86. The molecule has 0 aliphatic carbocycles. The van der Waals surface area contributed by atoms with E-state index < -0.39 is 35.8 Å². The van der Waals surface area contributed by atoms with E-state index in [0.29, 0.717) is 36.0 Å². The van der Waals surface area contributed by atoms with Crippen LogP contribution in [0.3, 0.4) is 0 Å². The molecule has 1 aliphatic heterocycles. The Hall–Kier alpha value is -3.29. The van der Waals surface area contributed by atoms with E-state index in [4.69, 9.17) is 18.9 Å². The van der Waals surface area contributed by atoms with E-state index in [1.807, 2.05) is 32.9 Å². The predicted octanol–water partition coefficient (Wildman–Crippen LogP) is 4.69. The quantitative estimate of drug-likeness (QED) is 0.496. The molecule has 8 heteroatoms. The smallest absolute Gasteiger partial charge is 0.408 e. The molecule has 1 N–H and O–H groups in total. The standard InChI is InChI=1S/C25H31NO7/c1-7-24(3,4)33-23(29)26-14-19(28)31-21-17-11-9-8-10-16(17)20-18(22(21)30-15(2)27)12-13-25(5,6)32-20/h8-11H,7,12-14H2,1-6H3,(H,26,29). The zero-order valence-corrected chi connectivity index (χ0v) is 20.0. The average Bonchev–Trinajstić information content (AvgIpc) is 2.73. The molecule has 0 saturated carbocycles. The van der Waals surface area contributed by atoms with Crippen LogP contribution < -0.4 is 19.5 Å². The maximum Gasteiger partial charge on any atom is 0.408 e. The second-order valence-corrected chi connectivity index (χ2v) is 9.30. The van der Waals surface area contributed by atoms with Crippen molar-refractivity contribution in [3.05, 3.63) is 29.8 Å². The fraction of sp³-hybridized carbons (Fsp3) is 0.480. The van der Waals surface area contributed by atoms with E-state index in [-0.39, 0.29) is 11.5 Å². The third-order valence-corrected chi connectivity index (χ3v) is 5.59. The third-order valence-electron chi connectivity index (χ3n) is 5.59. The number of carbonyl (C=O) groups excluding carboxylic acids is 3. The molecule has 1 heterocycles. The number of alkyl carbamates (subject to hydrolysis) is 1. The van der Waals surface area contributed by atoms with Crippen molar-refractivity contribution in [2.24, 2.45) is 0 Å². The maximum absolute atomic E-state index is 12.6. The highest BCUT2D eigenvalue weighted by Gasteiger charge is 2.34. The number of esters is 2. The van der Waals surface area contributed by atoms with Gasteiger partial charge in [0.15, 0.2) is 11.5 Å². The lowest BCUT2D eigenvalue weighted by Gasteiger charge is -2.34. The lowest BCUT2D eigenvalue weighted by atomic mass is 9.91. The van der Waals surface area contributed by atoms with Crippen LogP contribution in [0.2, 0.25) is 0 Å². The number of benzene rings is 2. The minimum absolute atomic E-state index is 0.122. The number of rotatable bonds is 6. The Bertz CT molecular complexity index is 1090. The van der Waals surface area contributed by atoms with Gasteiger partial charge in [-0.1, -0.05) is 31.2 Å². The summed E-state index contributed by atoms with van der Waals surface area (Å²) in [6, 6.07) is 7.28. The van der Waals surface area contributed by atoms with E-state index in [0.717, 1.165) is 5.39 Å². The van der Waals surface area contributed by atoms with Crippen molar-refractivity contribution >= 4 is 28.8 Å². The third kappa shape index (κ3) is 5.74. The van der Waals surface area contributed by atoms with Gasteiger partial charge in [-0.3, -0.25) is 4.79 Å². The zero-order valence-electron chi connectivity index (χ0n) is 20.0.